The molecule has 0 radical (unpaired) electrons. The van der Waals surface area contributed by atoms with Crippen LogP contribution in [0, 0.1) is 5.92 Å². The van der Waals surface area contributed by atoms with Crippen LogP contribution in [-0.4, -0.2) is 43.0 Å². The van der Waals surface area contributed by atoms with Crippen LogP contribution >= 0.6 is 0 Å². The Kier molecular flexibility index (Phi) is 8.41. The van der Waals surface area contributed by atoms with Crippen molar-refractivity contribution in [3.63, 3.8) is 0 Å². The fraction of sp³-hybridized carbons (Fsp3) is 0.417. The molecule has 1 atom stereocenters. The van der Waals surface area contributed by atoms with E-state index < -0.39 is 6.61 Å². The third-order valence-electron chi connectivity index (χ3n) is 5.49. The normalized spacial score (nSPS) is 15.3. The minimum Gasteiger partial charge on any atom is -0.493 e. The number of halogens is 2. The first-order chi connectivity index (χ1) is 15.4. The molecule has 6 nitrogen and oxygen atoms in total. The van der Waals surface area contributed by atoms with Gasteiger partial charge < -0.3 is 19.7 Å². The summed E-state index contributed by atoms with van der Waals surface area (Å²) in [6, 6.07) is 15.3. The number of nitrogens with zero attached hydrogens (tertiary/aromatic N) is 1. The highest BCUT2D eigenvalue weighted by Gasteiger charge is 2.28. The molecular formula is C24H28F2N2O4. The summed E-state index contributed by atoms with van der Waals surface area (Å²) < 4.78 is 34.8. The van der Waals surface area contributed by atoms with E-state index in [1.807, 2.05) is 30.3 Å². The average molecular weight is 446 g/mol. The van der Waals surface area contributed by atoms with Crippen LogP contribution < -0.4 is 14.8 Å². The van der Waals surface area contributed by atoms with Crippen molar-refractivity contribution in [2.24, 2.45) is 5.92 Å². The largest absolute Gasteiger partial charge is 0.493 e. The third kappa shape index (κ3) is 6.93. The molecular weight excluding hydrogens is 418 g/mol. The second-order valence-corrected chi connectivity index (χ2v) is 7.75. The van der Waals surface area contributed by atoms with Crippen molar-refractivity contribution in [3.8, 4) is 11.5 Å². The van der Waals surface area contributed by atoms with Crippen LogP contribution in [0.15, 0.2) is 54.6 Å². The number of nitrogens with one attached hydrogen (secondary N) is 1. The number of amides is 2. The quantitative estimate of drug-likeness (QED) is 0.628. The Balaban J connectivity index is 1.41. The monoisotopic (exact) mass is 446 g/mol. The minimum atomic E-state index is -2.90. The molecule has 2 aromatic rings. The van der Waals surface area contributed by atoms with E-state index in [0.717, 1.165) is 5.75 Å². The van der Waals surface area contributed by atoms with E-state index in [1.165, 1.54) is 12.1 Å². The average Bonchev–Trinajstić information content (AvgIpc) is 2.79. The zero-order chi connectivity index (χ0) is 22.9. The Labute approximate surface area is 186 Å². The zero-order valence-electron chi connectivity index (χ0n) is 18.0. The number of hydrogen-bond acceptors (Lipinski definition) is 4. The standard InChI is InChI=1S/C24H28F2N2O4/c1-17(19-6-5-9-21(16-19)32-24(25)26)27-23(30)18-10-13-28(14-11-18)22(29)12-15-31-20-7-3-2-4-8-20/h2-9,16-18,24H,10-15H2,1H3,(H,27,30). The van der Waals surface area contributed by atoms with Crippen LogP contribution in [0.3, 0.4) is 0 Å². The molecule has 32 heavy (non-hydrogen) atoms. The van der Waals surface area contributed by atoms with Crippen molar-refractivity contribution in [2.45, 2.75) is 38.8 Å². The van der Waals surface area contributed by atoms with Crippen molar-refractivity contribution in [1.29, 1.82) is 0 Å². The summed E-state index contributed by atoms with van der Waals surface area (Å²) in [6.45, 7) is 0.260. The third-order valence-corrected chi connectivity index (χ3v) is 5.49. The number of para-hydroxylation sites is 1. The topological polar surface area (TPSA) is 67.9 Å². The molecule has 1 N–H and O–H groups in total. The first kappa shape index (κ1) is 23.5. The summed E-state index contributed by atoms with van der Waals surface area (Å²) >= 11 is 0. The molecule has 1 aliphatic heterocycles. The van der Waals surface area contributed by atoms with Crippen molar-refractivity contribution >= 4 is 11.8 Å². The number of hydrogen-bond donors (Lipinski definition) is 1. The molecule has 1 unspecified atom stereocenters. The molecule has 0 aromatic heterocycles. The highest BCUT2D eigenvalue weighted by molar-refractivity contribution is 5.80. The van der Waals surface area contributed by atoms with Gasteiger partial charge in [0, 0.05) is 19.0 Å². The van der Waals surface area contributed by atoms with Crippen molar-refractivity contribution in [1.82, 2.24) is 10.2 Å². The summed E-state index contributed by atoms with van der Waals surface area (Å²) in [5, 5.41) is 2.94. The van der Waals surface area contributed by atoms with Gasteiger partial charge in [-0.2, -0.15) is 8.78 Å². The van der Waals surface area contributed by atoms with E-state index in [4.69, 9.17) is 4.74 Å². The van der Waals surface area contributed by atoms with Gasteiger partial charge in [-0.3, -0.25) is 9.59 Å². The van der Waals surface area contributed by atoms with Crippen LogP contribution in [0.4, 0.5) is 8.78 Å². The number of ether oxygens (including phenoxy) is 2. The van der Waals surface area contributed by atoms with Gasteiger partial charge in [0.25, 0.3) is 0 Å². The fourth-order valence-corrected chi connectivity index (χ4v) is 3.70. The molecule has 0 aliphatic carbocycles. The Morgan fingerprint density at radius 1 is 1.06 bits per heavy atom. The first-order valence-electron chi connectivity index (χ1n) is 10.7. The van der Waals surface area contributed by atoms with E-state index in [-0.39, 0.29) is 29.5 Å². The Morgan fingerprint density at radius 3 is 2.44 bits per heavy atom. The first-order valence-corrected chi connectivity index (χ1v) is 10.7. The van der Waals surface area contributed by atoms with Crippen LogP contribution in [0.1, 0.15) is 37.8 Å². The molecule has 1 aliphatic rings. The number of carbonyl (C=O) groups excluding carboxylic acids is 2. The molecule has 0 bridgehead atoms. The molecule has 1 fully saturated rings. The van der Waals surface area contributed by atoms with Crippen LogP contribution in [0.5, 0.6) is 11.5 Å². The zero-order valence-corrected chi connectivity index (χ0v) is 18.0. The summed E-state index contributed by atoms with van der Waals surface area (Å²) in [6.07, 6.45) is 1.45. The van der Waals surface area contributed by atoms with Crippen LogP contribution in [-0.2, 0) is 9.59 Å². The Morgan fingerprint density at radius 2 is 1.75 bits per heavy atom. The van der Waals surface area contributed by atoms with Crippen molar-refractivity contribution in [3.05, 3.63) is 60.2 Å². The van der Waals surface area contributed by atoms with Gasteiger partial charge in [-0.15, -0.1) is 0 Å². The highest BCUT2D eigenvalue weighted by atomic mass is 19.3. The maximum Gasteiger partial charge on any atom is 0.387 e. The lowest BCUT2D eigenvalue weighted by Crippen LogP contribution is -2.43. The van der Waals surface area contributed by atoms with Gasteiger partial charge in [-0.05, 0) is 49.6 Å². The van der Waals surface area contributed by atoms with Gasteiger partial charge in [0.2, 0.25) is 11.8 Å². The predicted molar refractivity (Wildman–Crippen MR) is 115 cm³/mol. The summed E-state index contributed by atoms with van der Waals surface area (Å²) in [7, 11) is 0. The summed E-state index contributed by atoms with van der Waals surface area (Å²) in [5.41, 5.74) is 0.683. The lowest BCUT2D eigenvalue weighted by atomic mass is 9.95. The number of rotatable bonds is 9. The van der Waals surface area contributed by atoms with Gasteiger partial charge >= 0.3 is 6.61 Å². The van der Waals surface area contributed by atoms with Crippen LogP contribution in [0.2, 0.25) is 0 Å². The molecule has 172 valence electrons. The SMILES string of the molecule is CC(NC(=O)C1CCN(C(=O)CCOc2ccccc2)CC1)c1cccc(OC(F)F)c1. The molecule has 1 saturated heterocycles. The van der Waals surface area contributed by atoms with Crippen LogP contribution in [0.25, 0.3) is 0 Å². The van der Waals surface area contributed by atoms with Gasteiger partial charge in [-0.1, -0.05) is 30.3 Å². The maximum absolute atomic E-state index is 12.7. The molecule has 0 saturated carbocycles. The number of likely N-dealkylation sites (tertiary alicyclic amines) is 1. The number of benzene rings is 2. The highest BCUT2D eigenvalue weighted by Crippen LogP contribution is 2.23. The molecule has 8 heteroatoms. The summed E-state index contributed by atoms with van der Waals surface area (Å²) in [5.74, 6) is 0.515. The molecule has 2 aromatic carbocycles. The smallest absolute Gasteiger partial charge is 0.387 e. The molecule has 1 heterocycles. The second kappa shape index (κ2) is 11.5. The number of carbonyl (C=O) groups is 2. The number of alkyl halides is 2. The predicted octanol–water partition coefficient (Wildman–Crippen LogP) is 4.17. The van der Waals surface area contributed by atoms with Gasteiger partial charge in [0.05, 0.1) is 19.1 Å². The Bertz CT molecular complexity index is 887. The van der Waals surface area contributed by atoms with Crippen molar-refractivity contribution in [2.75, 3.05) is 19.7 Å². The summed E-state index contributed by atoms with van der Waals surface area (Å²) in [4.78, 5) is 26.9. The Hall–Kier alpha value is -3.16. The van der Waals surface area contributed by atoms with E-state index >= 15 is 0 Å². The van der Waals surface area contributed by atoms with E-state index in [2.05, 4.69) is 10.1 Å². The van der Waals surface area contributed by atoms with Gasteiger partial charge in [0.1, 0.15) is 11.5 Å². The van der Waals surface area contributed by atoms with Crippen molar-refractivity contribution < 1.29 is 27.8 Å². The van der Waals surface area contributed by atoms with Gasteiger partial charge in [0.15, 0.2) is 0 Å². The van der Waals surface area contributed by atoms with Gasteiger partial charge in [-0.25, -0.2) is 0 Å². The van der Waals surface area contributed by atoms with E-state index in [9.17, 15) is 18.4 Å². The second-order valence-electron chi connectivity index (χ2n) is 7.75. The van der Waals surface area contributed by atoms with E-state index in [0.29, 0.717) is 44.5 Å². The molecule has 3 rings (SSSR count). The maximum atomic E-state index is 12.7. The number of piperidine rings is 1. The lowest BCUT2D eigenvalue weighted by Gasteiger charge is -2.32. The lowest BCUT2D eigenvalue weighted by molar-refractivity contribution is -0.136. The molecule has 0 spiro atoms. The van der Waals surface area contributed by atoms with E-state index in [1.54, 1.807) is 24.0 Å². The minimum absolute atomic E-state index is 0.0176. The molecule has 2 amide bonds. The fourth-order valence-electron chi connectivity index (χ4n) is 3.70.